The number of aromatic amines is 1. The van der Waals surface area contributed by atoms with Crippen molar-refractivity contribution < 1.29 is 13.5 Å². The number of aliphatic hydroxyl groups excluding tert-OH is 1. The SMILES string of the molecule is CS(=O)(=O)N1CCCC(CC(O)c2ncc[nH]2)C1. The largest absolute Gasteiger partial charge is 0.385 e. The Morgan fingerprint density at radius 3 is 3.06 bits per heavy atom. The first kappa shape index (κ1) is 13.5. The van der Waals surface area contributed by atoms with Crippen molar-refractivity contribution in [2.45, 2.75) is 25.4 Å². The molecule has 0 radical (unpaired) electrons. The average molecular weight is 273 g/mol. The summed E-state index contributed by atoms with van der Waals surface area (Å²) in [6.45, 7) is 1.09. The lowest BCUT2D eigenvalue weighted by Crippen LogP contribution is -2.39. The molecule has 0 bridgehead atoms. The standard InChI is InChI=1S/C11H19N3O3S/c1-18(16,17)14-6-2-3-9(8-14)7-10(15)11-12-4-5-13-11/h4-5,9-10,15H,2-3,6-8H2,1H3,(H,12,13). The number of H-pyrrole nitrogens is 1. The molecule has 0 aliphatic carbocycles. The van der Waals surface area contributed by atoms with Crippen LogP contribution in [-0.4, -0.2) is 47.1 Å². The third kappa shape index (κ3) is 3.30. The van der Waals surface area contributed by atoms with Crippen LogP contribution in [0.25, 0.3) is 0 Å². The van der Waals surface area contributed by atoms with Gasteiger partial charge in [0.1, 0.15) is 11.9 Å². The lowest BCUT2D eigenvalue weighted by Gasteiger charge is -2.31. The van der Waals surface area contributed by atoms with E-state index in [1.807, 2.05) is 0 Å². The van der Waals surface area contributed by atoms with Gasteiger partial charge in [-0.3, -0.25) is 0 Å². The first-order chi connectivity index (χ1) is 8.47. The Kier molecular flexibility index (Phi) is 4.04. The van der Waals surface area contributed by atoms with Crippen molar-refractivity contribution in [1.82, 2.24) is 14.3 Å². The van der Waals surface area contributed by atoms with Gasteiger partial charge in [-0.25, -0.2) is 17.7 Å². The molecule has 2 heterocycles. The van der Waals surface area contributed by atoms with E-state index in [1.54, 1.807) is 12.4 Å². The summed E-state index contributed by atoms with van der Waals surface area (Å²) in [4.78, 5) is 6.89. The van der Waals surface area contributed by atoms with Crippen molar-refractivity contribution in [3.63, 3.8) is 0 Å². The van der Waals surface area contributed by atoms with Gasteiger partial charge in [-0.05, 0) is 25.2 Å². The molecule has 1 aromatic rings. The monoisotopic (exact) mass is 273 g/mol. The molecule has 1 fully saturated rings. The summed E-state index contributed by atoms with van der Waals surface area (Å²) < 4.78 is 24.5. The molecule has 7 heteroatoms. The lowest BCUT2D eigenvalue weighted by molar-refractivity contribution is 0.116. The lowest BCUT2D eigenvalue weighted by atomic mass is 9.93. The first-order valence-electron chi connectivity index (χ1n) is 6.09. The van der Waals surface area contributed by atoms with E-state index in [2.05, 4.69) is 9.97 Å². The van der Waals surface area contributed by atoms with Gasteiger partial charge < -0.3 is 10.1 Å². The van der Waals surface area contributed by atoms with Crippen molar-refractivity contribution in [1.29, 1.82) is 0 Å². The molecule has 0 aromatic carbocycles. The molecule has 0 saturated carbocycles. The van der Waals surface area contributed by atoms with E-state index < -0.39 is 16.1 Å². The summed E-state index contributed by atoms with van der Waals surface area (Å²) in [6.07, 6.45) is 6.19. The van der Waals surface area contributed by atoms with E-state index in [9.17, 15) is 13.5 Å². The second-order valence-corrected chi connectivity index (χ2v) is 6.84. The minimum absolute atomic E-state index is 0.188. The molecule has 2 rings (SSSR count). The molecule has 2 N–H and O–H groups in total. The number of piperidine rings is 1. The first-order valence-corrected chi connectivity index (χ1v) is 7.94. The van der Waals surface area contributed by atoms with Crippen LogP contribution in [0.5, 0.6) is 0 Å². The summed E-state index contributed by atoms with van der Waals surface area (Å²) in [7, 11) is -3.12. The van der Waals surface area contributed by atoms with Crippen molar-refractivity contribution in [3.05, 3.63) is 18.2 Å². The van der Waals surface area contributed by atoms with Crippen LogP contribution in [0.2, 0.25) is 0 Å². The molecule has 2 atom stereocenters. The van der Waals surface area contributed by atoms with Crippen LogP contribution >= 0.6 is 0 Å². The maximum Gasteiger partial charge on any atom is 0.211 e. The van der Waals surface area contributed by atoms with Gasteiger partial charge in [-0.1, -0.05) is 0 Å². The van der Waals surface area contributed by atoms with Crippen molar-refractivity contribution >= 4 is 10.0 Å². The summed E-state index contributed by atoms with van der Waals surface area (Å²) >= 11 is 0. The molecule has 2 unspecified atom stereocenters. The Labute approximate surface area is 107 Å². The van der Waals surface area contributed by atoms with Gasteiger partial charge in [-0.15, -0.1) is 0 Å². The molecule has 6 nitrogen and oxygen atoms in total. The van der Waals surface area contributed by atoms with Gasteiger partial charge in [0.25, 0.3) is 0 Å². The quantitative estimate of drug-likeness (QED) is 0.836. The van der Waals surface area contributed by atoms with Crippen LogP contribution in [0.15, 0.2) is 12.4 Å². The molecule has 102 valence electrons. The maximum atomic E-state index is 11.5. The molecular formula is C11H19N3O3S. The van der Waals surface area contributed by atoms with E-state index in [0.717, 1.165) is 12.8 Å². The van der Waals surface area contributed by atoms with Crippen LogP contribution in [0.1, 0.15) is 31.2 Å². The fraction of sp³-hybridized carbons (Fsp3) is 0.727. The highest BCUT2D eigenvalue weighted by Gasteiger charge is 2.27. The van der Waals surface area contributed by atoms with E-state index >= 15 is 0 Å². The minimum Gasteiger partial charge on any atom is -0.385 e. The highest BCUT2D eigenvalue weighted by molar-refractivity contribution is 7.88. The minimum atomic E-state index is -3.12. The van der Waals surface area contributed by atoms with Crippen LogP contribution in [-0.2, 0) is 10.0 Å². The molecule has 1 aliphatic rings. The van der Waals surface area contributed by atoms with Gasteiger partial charge in [-0.2, -0.15) is 0 Å². The predicted molar refractivity (Wildman–Crippen MR) is 67.3 cm³/mol. The number of hydrogen-bond acceptors (Lipinski definition) is 4. The number of nitrogens with one attached hydrogen (secondary N) is 1. The summed E-state index contributed by atoms with van der Waals surface area (Å²) in [6, 6.07) is 0. The van der Waals surface area contributed by atoms with Crippen LogP contribution in [0.4, 0.5) is 0 Å². The van der Waals surface area contributed by atoms with Gasteiger partial charge >= 0.3 is 0 Å². The number of imidazole rings is 1. The third-order valence-electron chi connectivity index (χ3n) is 3.34. The van der Waals surface area contributed by atoms with E-state index in [0.29, 0.717) is 25.3 Å². The van der Waals surface area contributed by atoms with E-state index in [-0.39, 0.29) is 5.92 Å². The number of aliphatic hydroxyl groups is 1. The topological polar surface area (TPSA) is 86.3 Å². The molecule has 0 spiro atoms. The zero-order chi connectivity index (χ0) is 13.2. The molecular weight excluding hydrogens is 254 g/mol. The van der Waals surface area contributed by atoms with Gasteiger partial charge in [0.2, 0.25) is 10.0 Å². The average Bonchev–Trinajstić information content (AvgIpc) is 2.81. The van der Waals surface area contributed by atoms with E-state index in [1.165, 1.54) is 10.6 Å². The van der Waals surface area contributed by atoms with Crippen molar-refractivity contribution in [2.24, 2.45) is 5.92 Å². The molecule has 1 aromatic heterocycles. The van der Waals surface area contributed by atoms with E-state index in [4.69, 9.17) is 0 Å². The second kappa shape index (κ2) is 5.38. The Bertz CT molecular complexity index is 472. The number of hydrogen-bond donors (Lipinski definition) is 2. The number of nitrogens with zero attached hydrogens (tertiary/aromatic N) is 2. The van der Waals surface area contributed by atoms with Crippen molar-refractivity contribution in [2.75, 3.05) is 19.3 Å². The summed E-state index contributed by atoms with van der Waals surface area (Å²) in [5, 5.41) is 9.99. The fourth-order valence-corrected chi connectivity index (χ4v) is 3.35. The number of sulfonamides is 1. The Hall–Kier alpha value is -0.920. The molecule has 1 aliphatic heterocycles. The number of rotatable bonds is 4. The Morgan fingerprint density at radius 2 is 2.44 bits per heavy atom. The summed E-state index contributed by atoms with van der Waals surface area (Å²) in [5.74, 6) is 0.736. The van der Waals surface area contributed by atoms with Crippen LogP contribution in [0.3, 0.4) is 0 Å². The maximum absolute atomic E-state index is 11.5. The predicted octanol–water partition coefficient (Wildman–Crippen LogP) is 0.505. The highest BCUT2D eigenvalue weighted by atomic mass is 32.2. The molecule has 18 heavy (non-hydrogen) atoms. The smallest absolute Gasteiger partial charge is 0.211 e. The van der Waals surface area contributed by atoms with Crippen LogP contribution < -0.4 is 0 Å². The van der Waals surface area contributed by atoms with Crippen molar-refractivity contribution in [3.8, 4) is 0 Å². The fourth-order valence-electron chi connectivity index (χ4n) is 2.41. The highest BCUT2D eigenvalue weighted by Crippen LogP contribution is 2.26. The van der Waals surface area contributed by atoms with Gasteiger partial charge in [0.15, 0.2) is 0 Å². The molecule has 1 saturated heterocycles. The van der Waals surface area contributed by atoms with Crippen LogP contribution in [0, 0.1) is 5.92 Å². The van der Waals surface area contributed by atoms with Gasteiger partial charge in [0.05, 0.1) is 6.26 Å². The normalized spacial score (nSPS) is 24.0. The summed E-state index contributed by atoms with van der Waals surface area (Å²) in [5.41, 5.74) is 0. The second-order valence-electron chi connectivity index (χ2n) is 4.86. The Morgan fingerprint density at radius 1 is 1.67 bits per heavy atom. The van der Waals surface area contributed by atoms with Gasteiger partial charge in [0, 0.05) is 25.5 Å². The third-order valence-corrected chi connectivity index (χ3v) is 4.61. The zero-order valence-electron chi connectivity index (χ0n) is 10.4. The molecule has 0 amide bonds. The Balaban J connectivity index is 1.94. The number of aromatic nitrogens is 2. The zero-order valence-corrected chi connectivity index (χ0v) is 11.2.